The summed E-state index contributed by atoms with van der Waals surface area (Å²) in [4.78, 5) is 27.0. The zero-order valence-corrected chi connectivity index (χ0v) is 26.1. The van der Waals surface area contributed by atoms with Crippen molar-refractivity contribution in [2.75, 3.05) is 21.3 Å². The molecule has 3 aromatic carbocycles. The van der Waals surface area contributed by atoms with Crippen LogP contribution in [0.3, 0.4) is 0 Å². The van der Waals surface area contributed by atoms with Crippen LogP contribution in [0.5, 0.6) is 17.2 Å². The minimum atomic E-state index is -3.88. The van der Waals surface area contributed by atoms with E-state index in [1.54, 1.807) is 74.0 Å². The molecule has 6 rings (SSSR count). The molecule has 0 saturated heterocycles. The predicted molar refractivity (Wildman–Crippen MR) is 169 cm³/mol. The molecule has 0 saturated carbocycles. The number of aromatic hydroxyl groups is 1. The Morgan fingerprint density at radius 3 is 2.36 bits per heavy atom. The van der Waals surface area contributed by atoms with Gasteiger partial charge < -0.3 is 23.9 Å². The second-order valence-electron chi connectivity index (χ2n) is 10.9. The standard InChI is InChI=1S/C34H32N2O8S/c1-20-8-12-23(13-9-20)45(40,41)36-17-16-25-24-6-5-7-27-31(26(24)14-15-28(25)36)35(33(38)30(32(27)37)34(39)44-4)19-21-10-11-22(42-2)18-29(21)43-3/h8-18,37H,5-7,19H2,1-4H3. The van der Waals surface area contributed by atoms with E-state index in [1.165, 1.54) is 15.6 Å². The number of fused-ring (bicyclic) bond motifs is 5. The highest BCUT2D eigenvalue weighted by Crippen LogP contribution is 2.41. The zero-order valence-electron chi connectivity index (χ0n) is 25.3. The lowest BCUT2D eigenvalue weighted by molar-refractivity contribution is 0.0594. The van der Waals surface area contributed by atoms with Crippen LogP contribution in [-0.2, 0) is 34.1 Å². The number of pyridine rings is 1. The summed E-state index contributed by atoms with van der Waals surface area (Å²) in [7, 11) is 0.328. The van der Waals surface area contributed by atoms with Crippen LogP contribution in [0.15, 0.2) is 76.6 Å². The van der Waals surface area contributed by atoms with Crippen LogP contribution in [0.1, 0.15) is 39.0 Å². The normalized spacial score (nSPS) is 12.7. The summed E-state index contributed by atoms with van der Waals surface area (Å²) in [5.41, 5.74) is 3.32. The number of carbonyl (C=O) groups excluding carboxylic acids is 1. The van der Waals surface area contributed by atoms with E-state index in [1.807, 2.05) is 6.92 Å². The van der Waals surface area contributed by atoms with Gasteiger partial charge in [-0.15, -0.1) is 0 Å². The largest absolute Gasteiger partial charge is 0.506 e. The van der Waals surface area contributed by atoms with Crippen molar-refractivity contribution in [2.45, 2.75) is 37.6 Å². The van der Waals surface area contributed by atoms with Crippen LogP contribution in [0.25, 0.3) is 22.2 Å². The highest BCUT2D eigenvalue weighted by atomic mass is 32.2. The van der Waals surface area contributed by atoms with E-state index >= 15 is 0 Å². The van der Waals surface area contributed by atoms with Crippen molar-refractivity contribution in [3.8, 4) is 28.5 Å². The number of hydrogen-bond donors (Lipinski definition) is 1. The fourth-order valence-electron chi connectivity index (χ4n) is 6.12. The minimum absolute atomic E-state index is 0.0128. The molecular weight excluding hydrogens is 596 g/mol. The topological polar surface area (TPSA) is 126 Å². The first-order valence-electron chi connectivity index (χ1n) is 14.3. The van der Waals surface area contributed by atoms with Crippen LogP contribution in [0.4, 0.5) is 0 Å². The van der Waals surface area contributed by atoms with Gasteiger partial charge in [-0.3, -0.25) is 4.79 Å². The molecule has 0 unspecified atom stereocenters. The zero-order chi connectivity index (χ0) is 32.0. The summed E-state index contributed by atoms with van der Waals surface area (Å²) in [5, 5.41) is 12.1. The number of rotatable bonds is 7. The summed E-state index contributed by atoms with van der Waals surface area (Å²) in [6.45, 7) is 1.91. The summed E-state index contributed by atoms with van der Waals surface area (Å²) < 4.78 is 45.9. The highest BCUT2D eigenvalue weighted by Gasteiger charge is 2.31. The van der Waals surface area contributed by atoms with Gasteiger partial charge in [-0.05, 0) is 68.1 Å². The van der Waals surface area contributed by atoms with E-state index in [0.29, 0.717) is 64.0 Å². The number of esters is 1. The summed E-state index contributed by atoms with van der Waals surface area (Å²) in [6.07, 6.45) is 3.03. The molecule has 2 aromatic heterocycles. The van der Waals surface area contributed by atoms with Crippen LogP contribution in [0.2, 0.25) is 0 Å². The molecule has 0 aliphatic heterocycles. The third kappa shape index (κ3) is 4.93. The first kappa shape index (κ1) is 30.0. The fraction of sp³-hybridized carbons (Fsp3) is 0.235. The van der Waals surface area contributed by atoms with Gasteiger partial charge in [-0.25, -0.2) is 17.2 Å². The average molecular weight is 629 g/mol. The van der Waals surface area contributed by atoms with Gasteiger partial charge in [-0.2, -0.15) is 0 Å². The number of methoxy groups -OCH3 is 3. The van der Waals surface area contributed by atoms with Gasteiger partial charge in [0.1, 0.15) is 17.2 Å². The van der Waals surface area contributed by atoms with Crippen LogP contribution in [-0.4, -0.2) is 49.4 Å². The molecule has 1 N–H and O–H groups in total. The van der Waals surface area contributed by atoms with E-state index in [-0.39, 0.29) is 11.4 Å². The molecular formula is C34H32N2O8S. The molecule has 2 heterocycles. The number of benzene rings is 3. The maximum atomic E-state index is 14.0. The molecule has 0 radical (unpaired) electrons. The Kier molecular flexibility index (Phi) is 7.65. The molecule has 11 heteroatoms. The SMILES string of the molecule is COC(=O)c1c(O)c2c(n(Cc3ccc(OC)cc3OC)c1=O)-c1ccc3c(ccn3S(=O)(=O)c3ccc(C)cc3)c1CCC2. The molecule has 1 aliphatic carbocycles. The predicted octanol–water partition coefficient (Wildman–Crippen LogP) is 5.06. The van der Waals surface area contributed by atoms with Crippen molar-refractivity contribution in [3.05, 3.63) is 105 Å². The van der Waals surface area contributed by atoms with Crippen molar-refractivity contribution in [3.63, 3.8) is 0 Å². The van der Waals surface area contributed by atoms with Gasteiger partial charge in [0.25, 0.3) is 15.6 Å². The Labute approximate surface area is 260 Å². The van der Waals surface area contributed by atoms with Gasteiger partial charge in [0.2, 0.25) is 0 Å². The summed E-state index contributed by atoms with van der Waals surface area (Å²) in [5.74, 6) is -0.299. The first-order chi connectivity index (χ1) is 21.6. The number of aryl methyl sites for hydroxylation is 2. The quantitative estimate of drug-likeness (QED) is 0.248. The van der Waals surface area contributed by atoms with Gasteiger partial charge in [-0.1, -0.05) is 23.8 Å². The van der Waals surface area contributed by atoms with Crippen LogP contribution < -0.4 is 15.0 Å². The molecule has 0 spiro atoms. The smallest absolute Gasteiger partial charge is 0.347 e. The van der Waals surface area contributed by atoms with Gasteiger partial charge in [0, 0.05) is 34.3 Å². The third-order valence-corrected chi connectivity index (χ3v) is 10.1. The Balaban J connectivity index is 1.60. The highest BCUT2D eigenvalue weighted by molar-refractivity contribution is 7.90. The molecule has 1 aliphatic rings. The molecule has 10 nitrogen and oxygen atoms in total. The lowest BCUT2D eigenvalue weighted by Gasteiger charge is -2.21. The van der Waals surface area contributed by atoms with Crippen LogP contribution >= 0.6 is 0 Å². The third-order valence-electron chi connectivity index (χ3n) is 8.38. The van der Waals surface area contributed by atoms with E-state index < -0.39 is 32.9 Å². The van der Waals surface area contributed by atoms with Crippen molar-refractivity contribution in [2.24, 2.45) is 0 Å². The fourth-order valence-corrected chi connectivity index (χ4v) is 7.46. The Hall–Kier alpha value is -5.03. The molecule has 45 heavy (non-hydrogen) atoms. The Morgan fingerprint density at radius 1 is 0.933 bits per heavy atom. The monoisotopic (exact) mass is 628 g/mol. The molecule has 0 amide bonds. The first-order valence-corrected chi connectivity index (χ1v) is 15.8. The molecule has 0 bridgehead atoms. The summed E-state index contributed by atoms with van der Waals surface area (Å²) in [6, 6.07) is 17.2. The average Bonchev–Trinajstić information content (AvgIpc) is 3.39. The Morgan fingerprint density at radius 2 is 1.67 bits per heavy atom. The van der Waals surface area contributed by atoms with Crippen molar-refractivity contribution in [1.82, 2.24) is 8.54 Å². The lowest BCUT2D eigenvalue weighted by Crippen LogP contribution is -2.30. The maximum Gasteiger partial charge on any atom is 0.347 e. The van der Waals surface area contributed by atoms with E-state index in [4.69, 9.17) is 14.2 Å². The number of carbonyl (C=O) groups is 1. The van der Waals surface area contributed by atoms with Crippen molar-refractivity contribution >= 4 is 26.9 Å². The number of aromatic nitrogens is 2. The number of hydrogen-bond acceptors (Lipinski definition) is 8. The van der Waals surface area contributed by atoms with Crippen LogP contribution in [0, 0.1) is 6.92 Å². The molecule has 0 atom stereocenters. The van der Waals surface area contributed by atoms with E-state index in [2.05, 4.69) is 0 Å². The minimum Gasteiger partial charge on any atom is -0.506 e. The second-order valence-corrected chi connectivity index (χ2v) is 12.7. The maximum absolute atomic E-state index is 14.0. The van der Waals surface area contributed by atoms with Gasteiger partial charge >= 0.3 is 5.97 Å². The van der Waals surface area contributed by atoms with Gasteiger partial charge in [0.15, 0.2) is 5.56 Å². The van der Waals surface area contributed by atoms with Crippen molar-refractivity contribution in [1.29, 1.82) is 0 Å². The van der Waals surface area contributed by atoms with E-state index in [0.717, 1.165) is 18.2 Å². The number of nitrogens with zero attached hydrogens (tertiary/aromatic N) is 2. The lowest BCUT2D eigenvalue weighted by atomic mass is 9.96. The van der Waals surface area contributed by atoms with Gasteiger partial charge in [0.05, 0.1) is 44.0 Å². The second kappa shape index (κ2) is 11.5. The summed E-state index contributed by atoms with van der Waals surface area (Å²) >= 11 is 0. The molecule has 5 aromatic rings. The molecule has 232 valence electrons. The molecule has 0 fully saturated rings. The Bertz CT molecular complexity index is 2140. The number of ether oxygens (including phenoxy) is 3. The van der Waals surface area contributed by atoms with E-state index in [9.17, 15) is 23.1 Å². The van der Waals surface area contributed by atoms with Crippen molar-refractivity contribution < 1.29 is 32.5 Å².